The molecule has 310 valence electrons. The lowest BCUT2D eigenvalue weighted by Crippen LogP contribution is -2.62. The first-order chi connectivity index (χ1) is 26.6. The predicted octanol–water partition coefficient (Wildman–Crippen LogP) is 9.75. The van der Waals surface area contributed by atoms with E-state index >= 15 is 0 Å². The highest BCUT2D eigenvalue weighted by atomic mass is 16.6. The molecule has 56 heavy (non-hydrogen) atoms. The van der Waals surface area contributed by atoms with Gasteiger partial charge in [0.2, 0.25) is 0 Å². The predicted molar refractivity (Wildman–Crippen MR) is 215 cm³/mol. The second-order valence-corrected chi connectivity index (χ2v) is 20.5. The number of esters is 4. The normalized spacial score (nSPS) is 43.8. The van der Waals surface area contributed by atoms with Gasteiger partial charge in [-0.2, -0.15) is 0 Å². The second kappa shape index (κ2) is 16.0. The lowest BCUT2D eigenvalue weighted by Gasteiger charge is -2.61. The van der Waals surface area contributed by atoms with Crippen LogP contribution < -0.4 is 0 Å². The van der Waals surface area contributed by atoms with Gasteiger partial charge in [0.1, 0.15) is 16.8 Å². The molecule has 12 aliphatic carbocycles. The smallest absolute Gasteiger partial charge is 0.344 e. The minimum atomic E-state index is -0.540. The molecule has 0 saturated heterocycles. The number of rotatable bonds is 10. The largest absolute Gasteiger partial charge is 0.456 e. The zero-order valence-corrected chi connectivity index (χ0v) is 35.1. The van der Waals surface area contributed by atoms with Crippen molar-refractivity contribution in [3.63, 3.8) is 0 Å². The molecule has 12 fully saturated rings. The molecule has 0 N–H and O–H groups in total. The Morgan fingerprint density at radius 2 is 0.982 bits per heavy atom. The molecule has 0 aromatic rings. The van der Waals surface area contributed by atoms with E-state index in [0.717, 1.165) is 41.9 Å². The Balaban J connectivity index is 0.000000129. The average Bonchev–Trinajstić information content (AvgIpc) is 3.15. The summed E-state index contributed by atoms with van der Waals surface area (Å²) in [4.78, 5) is 46.8. The SMILES string of the molecule is C=C(C)C(=O)OCC(=O)OC1(C)C2CC3CC(C2)CC1C3.C=CC(=O)OC1(C(C)C)C2CC3CC(C2)CC1C3.C=CC(=O)OC1(CC)C2CC3CC(C2)CC1C3. The van der Waals surface area contributed by atoms with Crippen LogP contribution in [-0.4, -0.2) is 47.3 Å². The van der Waals surface area contributed by atoms with Crippen molar-refractivity contribution in [2.75, 3.05) is 6.61 Å². The number of ether oxygens (including phenoxy) is 4. The summed E-state index contributed by atoms with van der Waals surface area (Å²) in [6, 6.07) is 0. The van der Waals surface area contributed by atoms with E-state index in [9.17, 15) is 19.2 Å². The first kappa shape index (κ1) is 41.3. The Morgan fingerprint density at radius 3 is 1.34 bits per heavy atom. The van der Waals surface area contributed by atoms with Crippen LogP contribution in [0.2, 0.25) is 0 Å². The summed E-state index contributed by atoms with van der Waals surface area (Å²) in [5.41, 5.74) is -0.416. The van der Waals surface area contributed by atoms with Crippen LogP contribution in [0.3, 0.4) is 0 Å². The number of carbonyl (C=O) groups excluding carboxylic acids is 4. The van der Waals surface area contributed by atoms with E-state index in [2.05, 4.69) is 47.4 Å². The maximum absolute atomic E-state index is 12.0. The summed E-state index contributed by atoms with van der Waals surface area (Å²) >= 11 is 0. The van der Waals surface area contributed by atoms with E-state index < -0.39 is 11.9 Å². The Labute approximate surface area is 336 Å². The Hall–Kier alpha value is -2.90. The standard InChI is InChI=1S/C17H24O4.C16H24O2.C15H22O2/c1-10(2)16(19)20-9-15(18)21-17(3)13-5-11-4-12(7-13)8-14(17)6-11;1-4-15(17)18-16(10(2)3)13-6-11-5-12(8-13)9-14(16)7-11;1-3-14(16)17-15(4-2)12-6-10-5-11(8-12)9-13(15)7-10/h11-14H,1,4-9H2,2-3H3;4,10-14H,1,5-9H2,2-3H3;3,10-13H,1,4-9H2,2H3. The first-order valence-corrected chi connectivity index (χ1v) is 22.4. The molecule has 0 unspecified atom stereocenters. The summed E-state index contributed by atoms with van der Waals surface area (Å²) < 4.78 is 22.5. The zero-order chi connectivity index (χ0) is 40.2. The lowest BCUT2D eigenvalue weighted by atomic mass is 9.47. The van der Waals surface area contributed by atoms with Gasteiger partial charge in [0.15, 0.2) is 6.61 Å². The average molecular weight is 775 g/mol. The maximum Gasteiger partial charge on any atom is 0.344 e. The lowest BCUT2D eigenvalue weighted by molar-refractivity contribution is -0.220. The molecular formula is C48H70O8. The van der Waals surface area contributed by atoms with Crippen molar-refractivity contribution >= 4 is 23.9 Å². The minimum Gasteiger partial charge on any atom is -0.456 e. The second-order valence-electron chi connectivity index (χ2n) is 20.5. The third kappa shape index (κ3) is 7.58. The molecule has 0 heterocycles. The van der Waals surface area contributed by atoms with Gasteiger partial charge in [0.25, 0.3) is 0 Å². The fourth-order valence-electron chi connectivity index (χ4n) is 15.2. The summed E-state index contributed by atoms with van der Waals surface area (Å²) in [6.07, 6.45) is 22.8. The van der Waals surface area contributed by atoms with Crippen LogP contribution in [0.5, 0.6) is 0 Å². The highest BCUT2D eigenvalue weighted by molar-refractivity contribution is 5.88. The van der Waals surface area contributed by atoms with Crippen molar-refractivity contribution in [2.45, 2.75) is 154 Å². The fraction of sp³-hybridized carbons (Fsp3) is 0.792. The molecule has 0 spiro atoms. The van der Waals surface area contributed by atoms with Gasteiger partial charge < -0.3 is 18.9 Å². The highest BCUT2D eigenvalue weighted by Crippen LogP contribution is 2.63. The highest BCUT2D eigenvalue weighted by Gasteiger charge is 2.61. The molecule has 12 bridgehead atoms. The molecule has 0 aromatic carbocycles. The zero-order valence-electron chi connectivity index (χ0n) is 35.1. The quantitative estimate of drug-likeness (QED) is 0.123. The van der Waals surface area contributed by atoms with Crippen LogP contribution in [0.25, 0.3) is 0 Å². The van der Waals surface area contributed by atoms with Crippen molar-refractivity contribution in [1.29, 1.82) is 0 Å². The third-order valence-corrected chi connectivity index (χ3v) is 17.1. The van der Waals surface area contributed by atoms with Gasteiger partial charge in [-0.1, -0.05) is 40.5 Å². The van der Waals surface area contributed by atoms with E-state index in [0.29, 0.717) is 47.0 Å². The topological polar surface area (TPSA) is 105 Å². The molecule has 0 amide bonds. The Morgan fingerprint density at radius 1 is 0.607 bits per heavy atom. The van der Waals surface area contributed by atoms with Crippen LogP contribution in [0.4, 0.5) is 0 Å². The van der Waals surface area contributed by atoms with E-state index in [1.165, 1.54) is 108 Å². The summed E-state index contributed by atoms with van der Waals surface area (Å²) in [7, 11) is 0. The molecule has 12 rings (SSSR count). The summed E-state index contributed by atoms with van der Waals surface area (Å²) in [6.45, 7) is 20.5. The van der Waals surface area contributed by atoms with Gasteiger partial charge in [-0.25, -0.2) is 19.2 Å². The number of carbonyl (C=O) groups is 4. The van der Waals surface area contributed by atoms with Gasteiger partial charge in [-0.15, -0.1) is 0 Å². The van der Waals surface area contributed by atoms with Crippen molar-refractivity contribution in [3.8, 4) is 0 Å². The molecule has 8 nitrogen and oxygen atoms in total. The fourth-order valence-corrected chi connectivity index (χ4v) is 15.2. The summed E-state index contributed by atoms with van der Waals surface area (Å²) in [5, 5.41) is 0. The Kier molecular flexibility index (Phi) is 11.8. The van der Waals surface area contributed by atoms with Crippen LogP contribution >= 0.6 is 0 Å². The van der Waals surface area contributed by atoms with E-state index in [1.807, 2.05) is 0 Å². The van der Waals surface area contributed by atoms with Crippen LogP contribution in [0, 0.1) is 76.9 Å². The number of hydrogen-bond acceptors (Lipinski definition) is 8. The van der Waals surface area contributed by atoms with Crippen LogP contribution in [0.1, 0.15) is 137 Å². The molecular weight excluding hydrogens is 705 g/mol. The van der Waals surface area contributed by atoms with E-state index in [4.69, 9.17) is 18.9 Å². The minimum absolute atomic E-state index is 0.154. The first-order valence-electron chi connectivity index (χ1n) is 22.4. The van der Waals surface area contributed by atoms with Gasteiger partial charge in [0, 0.05) is 17.7 Å². The molecule has 0 aliphatic heterocycles. The van der Waals surface area contributed by atoms with Crippen molar-refractivity contribution in [2.24, 2.45) is 76.9 Å². The number of hydrogen-bond donors (Lipinski definition) is 0. The Bertz CT molecular complexity index is 1470. The van der Waals surface area contributed by atoms with Crippen LogP contribution in [-0.2, 0) is 38.1 Å². The molecule has 0 aromatic heterocycles. The third-order valence-electron chi connectivity index (χ3n) is 17.1. The maximum atomic E-state index is 12.0. The van der Waals surface area contributed by atoms with Gasteiger partial charge >= 0.3 is 23.9 Å². The molecule has 12 saturated carbocycles. The van der Waals surface area contributed by atoms with Gasteiger partial charge in [0.05, 0.1) is 0 Å². The monoisotopic (exact) mass is 775 g/mol. The van der Waals surface area contributed by atoms with Gasteiger partial charge in [-0.3, -0.25) is 0 Å². The molecule has 0 atom stereocenters. The van der Waals surface area contributed by atoms with Gasteiger partial charge in [-0.05, 0) is 194 Å². The molecule has 8 heteroatoms. The molecule has 12 aliphatic rings. The van der Waals surface area contributed by atoms with Crippen LogP contribution in [0.15, 0.2) is 37.5 Å². The van der Waals surface area contributed by atoms with Crippen molar-refractivity contribution in [1.82, 2.24) is 0 Å². The van der Waals surface area contributed by atoms with E-state index in [-0.39, 0.29) is 35.3 Å². The molecule has 0 radical (unpaired) electrons. The van der Waals surface area contributed by atoms with E-state index in [1.54, 1.807) is 6.92 Å². The summed E-state index contributed by atoms with van der Waals surface area (Å²) in [5.74, 6) is 7.69. The van der Waals surface area contributed by atoms with Crippen molar-refractivity contribution in [3.05, 3.63) is 37.5 Å². The van der Waals surface area contributed by atoms with Crippen molar-refractivity contribution < 1.29 is 38.1 Å².